The van der Waals surface area contributed by atoms with Crippen molar-refractivity contribution in [3.05, 3.63) is 57.1 Å². The van der Waals surface area contributed by atoms with Gasteiger partial charge in [-0.2, -0.15) is 18.2 Å². The topological polar surface area (TPSA) is 143 Å². The van der Waals surface area contributed by atoms with Crippen molar-refractivity contribution in [3.8, 4) is 28.7 Å². The van der Waals surface area contributed by atoms with Gasteiger partial charge in [-0.1, -0.05) is 11.2 Å². The van der Waals surface area contributed by atoms with E-state index in [1.165, 1.54) is 6.07 Å². The Morgan fingerprint density at radius 1 is 1.10 bits per heavy atom. The number of aromatic nitrogens is 2. The summed E-state index contributed by atoms with van der Waals surface area (Å²) in [7, 11) is 0. The Bertz CT molecular complexity index is 1130. The third-order valence-corrected chi connectivity index (χ3v) is 4.07. The average molecular weight is 429 g/mol. The zero-order valence-electron chi connectivity index (χ0n) is 14.6. The number of alkyl halides is 3. The Labute approximate surface area is 164 Å². The molecule has 2 aromatic carbocycles. The molecule has 3 rings (SSSR count). The van der Waals surface area contributed by atoms with Gasteiger partial charge in [0.2, 0.25) is 5.75 Å². The highest BCUT2D eigenvalue weighted by molar-refractivity contribution is 5.74. The minimum Gasteiger partial charge on any atom is -0.505 e. The number of benzene rings is 2. The number of phenolic OH excluding ortho intramolecular Hbond substituents is 3. The van der Waals surface area contributed by atoms with E-state index in [0.29, 0.717) is 11.6 Å². The maximum Gasteiger partial charge on any atom is 0.423 e. The summed E-state index contributed by atoms with van der Waals surface area (Å²) < 4.78 is 58.2. The van der Waals surface area contributed by atoms with E-state index < -0.39 is 56.9 Å². The highest BCUT2D eigenvalue weighted by Crippen LogP contribution is 2.49. The minimum absolute atomic E-state index is 0.0160. The molecule has 30 heavy (non-hydrogen) atoms. The fourth-order valence-electron chi connectivity index (χ4n) is 2.71. The third kappa shape index (κ3) is 3.94. The maximum absolute atomic E-state index is 13.5. The summed E-state index contributed by atoms with van der Waals surface area (Å²) in [5.74, 6) is -4.98. The quantitative estimate of drug-likeness (QED) is 0.241. The van der Waals surface area contributed by atoms with Crippen LogP contribution >= 0.6 is 0 Å². The van der Waals surface area contributed by atoms with E-state index in [0.717, 1.165) is 12.1 Å². The van der Waals surface area contributed by atoms with Gasteiger partial charge in [0.25, 0.3) is 5.89 Å². The summed E-state index contributed by atoms with van der Waals surface area (Å²) in [6.07, 6.45) is -5.11. The lowest BCUT2D eigenvalue weighted by atomic mass is 10.0. The molecule has 1 heterocycles. The molecule has 0 radical (unpaired) electrons. The van der Waals surface area contributed by atoms with Crippen LogP contribution in [0.1, 0.15) is 17.0 Å². The zero-order chi connectivity index (χ0) is 22.2. The average Bonchev–Trinajstić information content (AvgIpc) is 3.12. The van der Waals surface area contributed by atoms with Gasteiger partial charge < -0.3 is 19.8 Å². The van der Waals surface area contributed by atoms with Crippen molar-refractivity contribution >= 4 is 5.69 Å². The number of nitro benzene ring substituents is 1. The van der Waals surface area contributed by atoms with Crippen molar-refractivity contribution in [1.29, 1.82) is 0 Å². The SMILES string of the molecule is O=[N+]([O-])c1c(O)c(O)cc(-c2nc(CCc3ccc(F)c(O)c3)no2)c1C(F)(F)F. The number of halogens is 4. The highest BCUT2D eigenvalue weighted by Gasteiger charge is 2.45. The molecule has 0 bridgehead atoms. The summed E-state index contributed by atoms with van der Waals surface area (Å²) in [5.41, 5.74) is -4.11. The van der Waals surface area contributed by atoms with Crippen LogP contribution in [0.25, 0.3) is 11.5 Å². The molecular formula is C17H11F4N3O6. The fraction of sp³-hybridized carbons (Fsp3) is 0.176. The molecule has 0 fully saturated rings. The molecule has 3 aromatic rings. The predicted molar refractivity (Wildman–Crippen MR) is 90.2 cm³/mol. The number of hydrogen-bond donors (Lipinski definition) is 3. The van der Waals surface area contributed by atoms with Crippen molar-refractivity contribution in [1.82, 2.24) is 10.1 Å². The maximum atomic E-state index is 13.5. The van der Waals surface area contributed by atoms with Crippen molar-refractivity contribution < 1.29 is 42.3 Å². The van der Waals surface area contributed by atoms with E-state index in [1.807, 2.05) is 0 Å². The summed E-state index contributed by atoms with van der Waals surface area (Å²) >= 11 is 0. The van der Waals surface area contributed by atoms with E-state index in [9.17, 15) is 43.0 Å². The van der Waals surface area contributed by atoms with E-state index >= 15 is 0 Å². The second-order valence-corrected chi connectivity index (χ2v) is 6.07. The van der Waals surface area contributed by atoms with Crippen molar-refractivity contribution in [2.75, 3.05) is 0 Å². The first-order chi connectivity index (χ1) is 14.0. The van der Waals surface area contributed by atoms with Crippen LogP contribution in [0.5, 0.6) is 17.2 Å². The van der Waals surface area contributed by atoms with Gasteiger partial charge in [-0.3, -0.25) is 10.1 Å². The summed E-state index contributed by atoms with van der Waals surface area (Å²) in [6.45, 7) is 0. The van der Waals surface area contributed by atoms with Gasteiger partial charge in [-0.25, -0.2) is 4.39 Å². The lowest BCUT2D eigenvalue weighted by Crippen LogP contribution is -2.11. The second-order valence-electron chi connectivity index (χ2n) is 6.07. The van der Waals surface area contributed by atoms with Crippen LogP contribution in [0.2, 0.25) is 0 Å². The summed E-state index contributed by atoms with van der Waals surface area (Å²) in [4.78, 5) is 13.3. The molecule has 0 aliphatic heterocycles. The Morgan fingerprint density at radius 2 is 1.80 bits per heavy atom. The number of hydrogen-bond acceptors (Lipinski definition) is 8. The first kappa shape index (κ1) is 20.8. The van der Waals surface area contributed by atoms with Crippen molar-refractivity contribution in [3.63, 3.8) is 0 Å². The normalized spacial score (nSPS) is 11.6. The van der Waals surface area contributed by atoms with Gasteiger partial charge in [-0.05, 0) is 30.2 Å². The van der Waals surface area contributed by atoms with Gasteiger partial charge in [0.1, 0.15) is 0 Å². The smallest absolute Gasteiger partial charge is 0.423 e. The molecule has 0 spiro atoms. The number of nitro groups is 1. The van der Waals surface area contributed by atoms with Crippen LogP contribution in [0.3, 0.4) is 0 Å². The number of aryl methyl sites for hydroxylation is 2. The van der Waals surface area contributed by atoms with E-state index in [2.05, 4.69) is 10.1 Å². The van der Waals surface area contributed by atoms with Crippen LogP contribution < -0.4 is 0 Å². The Morgan fingerprint density at radius 3 is 2.40 bits per heavy atom. The van der Waals surface area contributed by atoms with E-state index in [-0.39, 0.29) is 18.7 Å². The summed E-state index contributed by atoms with van der Waals surface area (Å²) in [5, 5.41) is 43.1. The van der Waals surface area contributed by atoms with Crippen LogP contribution in [-0.2, 0) is 19.0 Å². The second kappa shape index (κ2) is 7.50. The van der Waals surface area contributed by atoms with Crippen LogP contribution in [0.4, 0.5) is 23.2 Å². The van der Waals surface area contributed by atoms with Gasteiger partial charge >= 0.3 is 11.9 Å². The Balaban J connectivity index is 1.98. The summed E-state index contributed by atoms with van der Waals surface area (Å²) in [6, 6.07) is 3.99. The highest BCUT2D eigenvalue weighted by atomic mass is 19.4. The lowest BCUT2D eigenvalue weighted by molar-refractivity contribution is -0.389. The Kier molecular flexibility index (Phi) is 5.20. The molecule has 0 saturated carbocycles. The number of rotatable bonds is 5. The molecule has 0 unspecified atom stereocenters. The fourth-order valence-corrected chi connectivity index (χ4v) is 2.71. The number of aromatic hydroxyl groups is 3. The van der Waals surface area contributed by atoms with Gasteiger partial charge in [0, 0.05) is 6.42 Å². The van der Waals surface area contributed by atoms with Crippen LogP contribution in [0, 0.1) is 15.9 Å². The molecule has 0 saturated heterocycles. The molecule has 0 aliphatic carbocycles. The molecule has 0 atom stereocenters. The molecule has 1 aromatic heterocycles. The first-order valence-corrected chi connectivity index (χ1v) is 8.10. The molecule has 0 aliphatic rings. The van der Waals surface area contributed by atoms with Crippen LogP contribution in [0.15, 0.2) is 28.8 Å². The Hall–Kier alpha value is -3.90. The molecule has 9 nitrogen and oxygen atoms in total. The molecule has 13 heteroatoms. The minimum atomic E-state index is -5.29. The first-order valence-electron chi connectivity index (χ1n) is 8.10. The van der Waals surface area contributed by atoms with Gasteiger partial charge in [0.15, 0.2) is 28.7 Å². The lowest BCUT2D eigenvalue weighted by Gasteiger charge is -2.12. The van der Waals surface area contributed by atoms with Crippen molar-refractivity contribution in [2.24, 2.45) is 0 Å². The van der Waals surface area contributed by atoms with E-state index in [1.54, 1.807) is 0 Å². The largest absolute Gasteiger partial charge is 0.505 e. The van der Waals surface area contributed by atoms with Gasteiger partial charge in [-0.15, -0.1) is 0 Å². The standard InChI is InChI=1S/C17H11F4N3O6/c18-9-3-1-7(5-10(9)25)2-4-12-22-16(30-23-12)8-6-11(26)15(27)14(24(28)29)13(8)17(19,20)21/h1,3,5-6,25-27H,2,4H2. The number of phenols is 3. The molecule has 0 amide bonds. The monoisotopic (exact) mass is 429 g/mol. The van der Waals surface area contributed by atoms with Crippen LogP contribution in [-0.4, -0.2) is 30.4 Å². The van der Waals surface area contributed by atoms with Gasteiger partial charge in [0.05, 0.1) is 10.5 Å². The van der Waals surface area contributed by atoms with E-state index in [4.69, 9.17) is 4.52 Å². The van der Waals surface area contributed by atoms with Crippen molar-refractivity contribution in [2.45, 2.75) is 19.0 Å². The third-order valence-electron chi connectivity index (χ3n) is 4.07. The zero-order valence-corrected chi connectivity index (χ0v) is 14.6. The predicted octanol–water partition coefficient (Wildman–Crippen LogP) is 3.70. The number of nitrogens with zero attached hydrogens (tertiary/aromatic N) is 3. The molecule has 158 valence electrons. The molecular weight excluding hydrogens is 418 g/mol. The molecule has 3 N–H and O–H groups in total.